The Kier molecular flexibility index (Phi) is 4.53. The van der Waals surface area contributed by atoms with E-state index in [4.69, 9.17) is 23.2 Å². The fourth-order valence-electron chi connectivity index (χ4n) is 0.864. The summed E-state index contributed by atoms with van der Waals surface area (Å²) < 4.78 is 1.10. The van der Waals surface area contributed by atoms with Gasteiger partial charge < -0.3 is 12.9 Å². The lowest BCUT2D eigenvalue weighted by Crippen LogP contribution is -1.87. The Balaban J connectivity index is 2.89. The van der Waals surface area contributed by atoms with Crippen molar-refractivity contribution in [3.63, 3.8) is 0 Å². The highest BCUT2D eigenvalue weighted by atomic mass is 79.9. The van der Waals surface area contributed by atoms with Crippen molar-refractivity contribution in [2.75, 3.05) is 0 Å². The van der Waals surface area contributed by atoms with Crippen molar-refractivity contribution in [2.45, 2.75) is 4.55 Å². The van der Waals surface area contributed by atoms with Crippen LogP contribution in [0.3, 0.4) is 0 Å². The molecular weight excluding hydrogens is 259 g/mol. The Hall–Kier alpha value is 1.05. The molecule has 0 aliphatic heterocycles. The van der Waals surface area contributed by atoms with Gasteiger partial charge in [0.25, 0.3) is 0 Å². The van der Waals surface area contributed by atoms with Crippen LogP contribution in [0.15, 0.2) is 18.2 Å². The Labute approximate surface area is 91.9 Å². The largest absolute Gasteiger partial charge is 0.473 e. The average Bonchev–Trinajstić information content (AvgIpc) is 1.85. The lowest BCUT2D eigenvalue weighted by molar-refractivity contribution is 1.40. The van der Waals surface area contributed by atoms with Crippen LogP contribution in [-0.2, 0) is 4.55 Å². The minimum absolute atomic E-state index is 0.121. The third-order valence-corrected chi connectivity index (χ3v) is 3.70. The number of hydrogen-bond donors (Lipinski definition) is 0. The van der Waals surface area contributed by atoms with Crippen molar-refractivity contribution >= 4 is 54.3 Å². The first kappa shape index (κ1) is 10.1. The zero-order valence-corrected chi connectivity index (χ0v) is 10.3. The van der Waals surface area contributed by atoms with Gasteiger partial charge in [-0.1, -0.05) is 28.8 Å². The maximum Gasteiger partial charge on any atom is 0.473 e. The Morgan fingerprint density at radius 3 is 2.18 bits per heavy atom. The Morgan fingerprint density at radius 2 is 1.73 bits per heavy atom. The van der Waals surface area contributed by atoms with E-state index in [-0.39, 0.29) is 18.2 Å². The second-order valence-electron chi connectivity index (χ2n) is 2.22. The molecule has 0 amide bonds. The molecule has 1 aromatic carbocycles. The Bertz CT molecular complexity index is 232. The standard InChI is InChI=1S/C7H5Cl2.BrH.Mg/c1-5-2-6(8)4-7(9)3-5;;/h2-4H,1H2;1H;/q;;+1/p-1. The maximum atomic E-state index is 5.80. The van der Waals surface area contributed by atoms with E-state index < -0.39 is 0 Å². The molecule has 0 unspecified atom stereocenters. The molecule has 4 heteroatoms. The monoisotopic (exact) mass is 262 g/mol. The van der Waals surface area contributed by atoms with Gasteiger partial charge in [0.1, 0.15) is 0 Å². The zero-order valence-electron chi connectivity index (χ0n) is 5.78. The molecule has 0 nitrogen and oxygen atoms in total. The molecule has 0 aromatic heterocycles. The van der Waals surface area contributed by atoms with Crippen LogP contribution in [0, 0.1) is 0 Å². The van der Waals surface area contributed by atoms with Crippen LogP contribution < -0.4 is 0 Å². The average molecular weight is 264 g/mol. The predicted molar refractivity (Wildman–Crippen MR) is 54.8 cm³/mol. The van der Waals surface area contributed by atoms with Crippen molar-refractivity contribution in [3.05, 3.63) is 33.8 Å². The summed E-state index contributed by atoms with van der Waals surface area (Å²) in [5.41, 5.74) is 1.23. The molecule has 1 rings (SSSR count). The molecule has 1 aromatic rings. The van der Waals surface area contributed by atoms with Crippen molar-refractivity contribution in [1.29, 1.82) is 0 Å². The number of halogens is 3. The molecule has 0 aliphatic rings. The van der Waals surface area contributed by atoms with Gasteiger partial charge in [-0.25, -0.2) is 0 Å². The normalized spacial score (nSPS) is 9.36. The molecule has 0 spiro atoms. The van der Waals surface area contributed by atoms with Crippen LogP contribution in [0.5, 0.6) is 0 Å². The van der Waals surface area contributed by atoms with Crippen LogP contribution >= 0.6 is 36.1 Å². The third-order valence-electron chi connectivity index (χ3n) is 1.31. The lowest BCUT2D eigenvalue weighted by Gasteiger charge is -1.99. The number of rotatable bonds is 2. The summed E-state index contributed by atoms with van der Waals surface area (Å²) in [4.78, 5) is 0. The third kappa shape index (κ3) is 3.51. The summed E-state index contributed by atoms with van der Waals surface area (Å²) in [6.07, 6.45) is 0. The van der Waals surface area contributed by atoms with E-state index in [1.807, 2.05) is 12.1 Å². The highest BCUT2D eigenvalue weighted by Gasteiger charge is 1.98. The number of benzene rings is 1. The molecular formula is C7H5BrCl2Mg. The van der Waals surface area contributed by atoms with Crippen molar-refractivity contribution in [2.24, 2.45) is 0 Å². The van der Waals surface area contributed by atoms with Gasteiger partial charge in [-0.15, -0.1) is 4.55 Å². The van der Waals surface area contributed by atoms with Crippen LogP contribution in [-0.4, -0.2) is 18.2 Å². The van der Waals surface area contributed by atoms with Crippen molar-refractivity contribution in [1.82, 2.24) is 0 Å². The smallest absolute Gasteiger partial charge is 0.306 e. The van der Waals surface area contributed by atoms with Gasteiger partial charge in [-0.2, -0.15) is 0 Å². The van der Waals surface area contributed by atoms with Gasteiger partial charge in [-0.3, -0.25) is 0 Å². The van der Waals surface area contributed by atoms with Gasteiger partial charge >= 0.3 is 18.2 Å². The summed E-state index contributed by atoms with van der Waals surface area (Å²) in [6.45, 7) is 0. The summed E-state index contributed by atoms with van der Waals surface area (Å²) in [5, 5.41) is 1.45. The molecule has 0 bridgehead atoms. The summed E-state index contributed by atoms with van der Waals surface area (Å²) in [7, 11) is 0. The molecule has 0 N–H and O–H groups in total. The minimum atomic E-state index is -0.121. The molecule has 0 heterocycles. The first-order valence-electron chi connectivity index (χ1n) is 3.23. The van der Waals surface area contributed by atoms with E-state index in [0.29, 0.717) is 0 Å². The first-order valence-corrected chi connectivity index (χ1v) is 8.89. The van der Waals surface area contributed by atoms with Gasteiger partial charge in [0.2, 0.25) is 0 Å². The quantitative estimate of drug-likeness (QED) is 0.717. The summed E-state index contributed by atoms with van der Waals surface area (Å²) >= 11 is 15.0. The summed E-state index contributed by atoms with van der Waals surface area (Å²) in [6, 6.07) is 5.67. The van der Waals surface area contributed by atoms with E-state index in [2.05, 4.69) is 12.9 Å². The molecule has 0 saturated carbocycles. The fourth-order valence-corrected chi connectivity index (χ4v) is 3.32. The van der Waals surface area contributed by atoms with E-state index in [0.717, 1.165) is 14.6 Å². The maximum absolute atomic E-state index is 5.80. The summed E-state index contributed by atoms with van der Waals surface area (Å²) in [5.74, 6) is 0. The predicted octanol–water partition coefficient (Wildman–Crippen LogP) is 3.51. The molecule has 0 radical (unpaired) electrons. The molecule has 0 aliphatic carbocycles. The van der Waals surface area contributed by atoms with Gasteiger partial charge in [0.05, 0.1) is 0 Å². The van der Waals surface area contributed by atoms with E-state index in [1.165, 1.54) is 5.56 Å². The topological polar surface area (TPSA) is 0 Å². The molecule has 11 heavy (non-hydrogen) atoms. The van der Waals surface area contributed by atoms with Crippen LogP contribution in [0.4, 0.5) is 0 Å². The highest BCUT2D eigenvalue weighted by molar-refractivity contribution is 9.23. The van der Waals surface area contributed by atoms with Crippen molar-refractivity contribution in [3.8, 4) is 0 Å². The lowest BCUT2D eigenvalue weighted by atomic mass is 10.2. The van der Waals surface area contributed by atoms with Gasteiger partial charge in [0.15, 0.2) is 0 Å². The first-order chi connectivity index (χ1) is 5.22. The fraction of sp³-hybridized carbons (Fsp3) is 0.143. The molecule has 0 fully saturated rings. The SMILES string of the molecule is Clc1cc(Cl)cc([CH2][Mg][Br])c1. The number of hydrogen-bond acceptors (Lipinski definition) is 0. The van der Waals surface area contributed by atoms with E-state index in [1.54, 1.807) is 6.07 Å². The van der Waals surface area contributed by atoms with Crippen molar-refractivity contribution < 1.29 is 0 Å². The van der Waals surface area contributed by atoms with Crippen LogP contribution in [0.2, 0.25) is 10.0 Å². The van der Waals surface area contributed by atoms with Gasteiger partial charge in [0, 0.05) is 10.0 Å². The molecule has 0 saturated heterocycles. The molecule has 0 atom stereocenters. The highest BCUT2D eigenvalue weighted by Crippen LogP contribution is 2.19. The minimum Gasteiger partial charge on any atom is -0.306 e. The second-order valence-corrected chi connectivity index (χ2v) is 6.35. The van der Waals surface area contributed by atoms with E-state index >= 15 is 0 Å². The zero-order chi connectivity index (χ0) is 8.27. The van der Waals surface area contributed by atoms with Crippen LogP contribution in [0.25, 0.3) is 0 Å². The van der Waals surface area contributed by atoms with Gasteiger partial charge in [-0.05, 0) is 18.2 Å². The Morgan fingerprint density at radius 1 is 1.18 bits per heavy atom. The second kappa shape index (κ2) is 4.92. The molecule has 56 valence electrons. The van der Waals surface area contributed by atoms with Crippen LogP contribution in [0.1, 0.15) is 5.56 Å². The van der Waals surface area contributed by atoms with E-state index in [9.17, 15) is 0 Å².